The zero-order valence-corrected chi connectivity index (χ0v) is 13.4. The van der Waals surface area contributed by atoms with E-state index in [0.29, 0.717) is 6.61 Å². The summed E-state index contributed by atoms with van der Waals surface area (Å²) in [6.45, 7) is 10.5. The van der Waals surface area contributed by atoms with Gasteiger partial charge in [-0.1, -0.05) is 42.5 Å². The molecule has 2 nitrogen and oxygen atoms in total. The van der Waals surface area contributed by atoms with Gasteiger partial charge in [0.05, 0.1) is 6.61 Å². The van der Waals surface area contributed by atoms with Crippen LogP contribution in [0.15, 0.2) is 55.1 Å². The molecule has 0 amide bonds. The van der Waals surface area contributed by atoms with Crippen LogP contribution in [0.4, 0.5) is 0 Å². The van der Waals surface area contributed by atoms with Crippen LogP contribution in [0.2, 0.25) is 0 Å². The molecule has 2 aromatic rings. The maximum absolute atomic E-state index is 6.00. The molecule has 0 bridgehead atoms. The molecule has 0 unspecified atom stereocenters. The van der Waals surface area contributed by atoms with E-state index in [1.807, 2.05) is 75.4 Å². The Morgan fingerprint density at radius 3 is 2.41 bits per heavy atom. The van der Waals surface area contributed by atoms with Gasteiger partial charge in [-0.15, -0.1) is 0 Å². The second-order valence-electron chi connectivity index (χ2n) is 5.05. The molecule has 22 heavy (non-hydrogen) atoms. The normalized spacial score (nSPS) is 10.7. The lowest BCUT2D eigenvalue weighted by Gasteiger charge is -2.13. The summed E-state index contributed by atoms with van der Waals surface area (Å²) in [5.41, 5.74) is 3.23. The van der Waals surface area contributed by atoms with Crippen LogP contribution in [0, 0.1) is 0 Å². The van der Waals surface area contributed by atoms with Gasteiger partial charge in [0.25, 0.3) is 0 Å². The zero-order chi connectivity index (χ0) is 15.9. The average Bonchev–Trinajstić information content (AvgIpc) is 2.51. The van der Waals surface area contributed by atoms with Gasteiger partial charge < -0.3 is 9.47 Å². The number of hydrogen-bond acceptors (Lipinski definition) is 2. The van der Waals surface area contributed by atoms with Gasteiger partial charge in [-0.05, 0) is 56.2 Å². The largest absolute Gasteiger partial charge is 0.490 e. The van der Waals surface area contributed by atoms with E-state index in [2.05, 4.69) is 6.58 Å². The second kappa shape index (κ2) is 7.51. The fraction of sp³-hybridized carbons (Fsp3) is 0.200. The Balaban J connectivity index is 2.29. The van der Waals surface area contributed by atoms with Gasteiger partial charge in [0, 0.05) is 0 Å². The standard InChI is InChI=1S/C20H22O2/c1-5-7-16-8-13-19(21-6-2)20(14-16)22-18-11-9-17(10-12-18)15(3)4/h5,7-14H,3,6H2,1-2,4H3/b7-5+. The first-order valence-electron chi connectivity index (χ1n) is 7.47. The highest BCUT2D eigenvalue weighted by Crippen LogP contribution is 2.33. The van der Waals surface area contributed by atoms with Gasteiger partial charge in [-0.2, -0.15) is 0 Å². The molecular weight excluding hydrogens is 272 g/mol. The van der Waals surface area contributed by atoms with Crippen molar-refractivity contribution in [1.82, 2.24) is 0 Å². The van der Waals surface area contributed by atoms with E-state index in [-0.39, 0.29) is 0 Å². The van der Waals surface area contributed by atoms with Crippen LogP contribution in [0.1, 0.15) is 31.9 Å². The van der Waals surface area contributed by atoms with Crippen molar-refractivity contribution in [2.45, 2.75) is 20.8 Å². The van der Waals surface area contributed by atoms with E-state index in [0.717, 1.165) is 33.9 Å². The van der Waals surface area contributed by atoms with Crippen molar-refractivity contribution in [3.05, 3.63) is 66.2 Å². The van der Waals surface area contributed by atoms with Crippen molar-refractivity contribution in [2.24, 2.45) is 0 Å². The molecule has 0 atom stereocenters. The molecule has 0 aliphatic heterocycles. The third-order valence-electron chi connectivity index (χ3n) is 3.20. The number of allylic oxidation sites excluding steroid dienone is 2. The second-order valence-corrected chi connectivity index (χ2v) is 5.05. The Kier molecular flexibility index (Phi) is 5.42. The van der Waals surface area contributed by atoms with E-state index in [1.54, 1.807) is 0 Å². The summed E-state index contributed by atoms with van der Waals surface area (Å²) >= 11 is 0. The molecule has 2 aromatic carbocycles. The Bertz CT molecular complexity index is 667. The highest BCUT2D eigenvalue weighted by Gasteiger charge is 2.07. The molecule has 0 fully saturated rings. The Morgan fingerprint density at radius 2 is 1.82 bits per heavy atom. The van der Waals surface area contributed by atoms with Crippen LogP contribution in [-0.2, 0) is 0 Å². The number of benzene rings is 2. The van der Waals surface area contributed by atoms with Crippen molar-refractivity contribution in [3.8, 4) is 17.2 Å². The molecule has 0 aromatic heterocycles. The van der Waals surface area contributed by atoms with E-state index < -0.39 is 0 Å². The minimum Gasteiger partial charge on any atom is -0.490 e. The number of rotatable bonds is 6. The van der Waals surface area contributed by atoms with Gasteiger partial charge in [0.2, 0.25) is 0 Å². The summed E-state index contributed by atoms with van der Waals surface area (Å²) < 4.78 is 11.6. The van der Waals surface area contributed by atoms with Crippen LogP contribution >= 0.6 is 0 Å². The highest BCUT2D eigenvalue weighted by molar-refractivity contribution is 5.62. The molecule has 0 saturated heterocycles. The molecular formula is C20H22O2. The third-order valence-corrected chi connectivity index (χ3v) is 3.20. The first kappa shape index (κ1) is 15.9. The molecule has 2 rings (SSSR count). The van der Waals surface area contributed by atoms with Crippen LogP contribution in [0.25, 0.3) is 11.6 Å². The molecule has 0 N–H and O–H groups in total. The molecule has 0 radical (unpaired) electrons. The summed E-state index contributed by atoms with van der Waals surface area (Å²) in [6.07, 6.45) is 4.04. The first-order chi connectivity index (χ1) is 10.6. The van der Waals surface area contributed by atoms with Crippen molar-refractivity contribution in [1.29, 1.82) is 0 Å². The fourth-order valence-electron chi connectivity index (χ4n) is 2.11. The van der Waals surface area contributed by atoms with E-state index in [9.17, 15) is 0 Å². The van der Waals surface area contributed by atoms with Crippen LogP contribution < -0.4 is 9.47 Å². The van der Waals surface area contributed by atoms with E-state index in [1.165, 1.54) is 0 Å². The maximum atomic E-state index is 6.00. The maximum Gasteiger partial charge on any atom is 0.169 e. The predicted molar refractivity (Wildman–Crippen MR) is 93.5 cm³/mol. The highest BCUT2D eigenvalue weighted by atomic mass is 16.5. The van der Waals surface area contributed by atoms with Gasteiger partial charge in [-0.3, -0.25) is 0 Å². The molecule has 0 spiro atoms. The van der Waals surface area contributed by atoms with Gasteiger partial charge in [0.1, 0.15) is 5.75 Å². The molecule has 0 heterocycles. The minimum atomic E-state index is 0.605. The summed E-state index contributed by atoms with van der Waals surface area (Å²) in [4.78, 5) is 0. The van der Waals surface area contributed by atoms with Crippen LogP contribution in [0.5, 0.6) is 17.2 Å². The zero-order valence-electron chi connectivity index (χ0n) is 13.4. The topological polar surface area (TPSA) is 18.5 Å². The monoisotopic (exact) mass is 294 g/mol. The molecule has 2 heteroatoms. The lowest BCUT2D eigenvalue weighted by Crippen LogP contribution is -1.95. The van der Waals surface area contributed by atoms with Crippen LogP contribution in [0.3, 0.4) is 0 Å². The summed E-state index contributed by atoms with van der Waals surface area (Å²) in [5, 5.41) is 0. The van der Waals surface area contributed by atoms with Gasteiger partial charge in [-0.25, -0.2) is 0 Å². The molecule has 0 aliphatic carbocycles. The predicted octanol–water partition coefficient (Wildman–Crippen LogP) is 5.94. The summed E-state index contributed by atoms with van der Waals surface area (Å²) in [5.74, 6) is 2.25. The Labute approximate surface area is 132 Å². The number of hydrogen-bond donors (Lipinski definition) is 0. The quantitative estimate of drug-likeness (QED) is 0.656. The SMILES string of the molecule is C=C(C)c1ccc(Oc2cc(/C=C/C)ccc2OCC)cc1. The average molecular weight is 294 g/mol. The Morgan fingerprint density at radius 1 is 1.09 bits per heavy atom. The lowest BCUT2D eigenvalue weighted by atomic mass is 10.1. The number of ether oxygens (including phenoxy) is 2. The minimum absolute atomic E-state index is 0.605. The summed E-state index contributed by atoms with van der Waals surface area (Å²) in [7, 11) is 0. The van der Waals surface area contributed by atoms with Gasteiger partial charge >= 0.3 is 0 Å². The third kappa shape index (κ3) is 4.01. The van der Waals surface area contributed by atoms with Crippen molar-refractivity contribution in [2.75, 3.05) is 6.61 Å². The van der Waals surface area contributed by atoms with Crippen molar-refractivity contribution < 1.29 is 9.47 Å². The van der Waals surface area contributed by atoms with E-state index in [4.69, 9.17) is 9.47 Å². The lowest BCUT2D eigenvalue weighted by molar-refractivity contribution is 0.321. The van der Waals surface area contributed by atoms with Crippen molar-refractivity contribution in [3.63, 3.8) is 0 Å². The van der Waals surface area contributed by atoms with Gasteiger partial charge in [0.15, 0.2) is 11.5 Å². The summed E-state index contributed by atoms with van der Waals surface area (Å²) in [6, 6.07) is 13.8. The van der Waals surface area contributed by atoms with Crippen LogP contribution in [-0.4, -0.2) is 6.61 Å². The Hall–Kier alpha value is -2.48. The molecule has 0 saturated carbocycles. The first-order valence-corrected chi connectivity index (χ1v) is 7.47. The molecule has 0 aliphatic rings. The van der Waals surface area contributed by atoms with E-state index >= 15 is 0 Å². The smallest absolute Gasteiger partial charge is 0.169 e. The van der Waals surface area contributed by atoms with Crippen molar-refractivity contribution >= 4 is 11.6 Å². The fourth-order valence-corrected chi connectivity index (χ4v) is 2.11. The molecule has 114 valence electrons.